The van der Waals surface area contributed by atoms with Crippen LogP contribution in [0.3, 0.4) is 0 Å². The van der Waals surface area contributed by atoms with Crippen molar-refractivity contribution in [3.63, 3.8) is 0 Å². The molecule has 0 aliphatic heterocycles. The van der Waals surface area contributed by atoms with Crippen LogP contribution in [0.5, 0.6) is 0 Å². The van der Waals surface area contributed by atoms with Crippen molar-refractivity contribution in [3.05, 3.63) is 93.7 Å². The van der Waals surface area contributed by atoms with Gasteiger partial charge in [-0.15, -0.1) is 0 Å². The molecular weight excluding hydrogens is 430 g/mol. The zero-order valence-corrected chi connectivity index (χ0v) is 20.0. The van der Waals surface area contributed by atoms with Crippen LogP contribution in [-0.2, 0) is 13.0 Å². The van der Waals surface area contributed by atoms with E-state index in [-0.39, 0.29) is 11.9 Å². The molecule has 1 saturated carbocycles. The van der Waals surface area contributed by atoms with Crippen LogP contribution in [0.1, 0.15) is 71.7 Å². The third kappa shape index (κ3) is 3.54. The number of aromatic amines is 1. The average molecular weight is 462 g/mol. The molecular formula is C31H31N3O. The second kappa shape index (κ2) is 8.30. The van der Waals surface area contributed by atoms with E-state index in [1.165, 1.54) is 33.8 Å². The molecule has 2 heterocycles. The molecule has 4 aromatic rings. The molecule has 3 aliphatic rings. The largest absolute Gasteiger partial charge is 0.356 e. The second-order valence-electron chi connectivity index (χ2n) is 10.3. The van der Waals surface area contributed by atoms with Gasteiger partial charge < -0.3 is 14.5 Å². The Hall–Kier alpha value is -3.53. The highest BCUT2D eigenvalue weighted by molar-refractivity contribution is 5.99. The summed E-state index contributed by atoms with van der Waals surface area (Å²) in [6, 6.07) is 21.5. The molecule has 1 amide bonds. The minimum Gasteiger partial charge on any atom is -0.356 e. The van der Waals surface area contributed by atoms with Crippen molar-refractivity contribution in [3.8, 4) is 0 Å². The maximum atomic E-state index is 14.5. The fourth-order valence-corrected chi connectivity index (χ4v) is 6.28. The Balaban J connectivity index is 1.34. The van der Waals surface area contributed by atoms with Gasteiger partial charge in [0.25, 0.3) is 5.91 Å². The molecule has 176 valence electrons. The summed E-state index contributed by atoms with van der Waals surface area (Å²) in [6.07, 6.45) is 12.4. The van der Waals surface area contributed by atoms with Crippen molar-refractivity contribution in [1.82, 2.24) is 14.5 Å². The normalized spacial score (nSPS) is 18.9. The summed E-state index contributed by atoms with van der Waals surface area (Å²) in [5.41, 5.74) is 6.00. The van der Waals surface area contributed by atoms with Gasteiger partial charge in [0.05, 0.1) is 6.04 Å². The van der Waals surface area contributed by atoms with Gasteiger partial charge in [0.1, 0.15) is 5.69 Å². The molecule has 0 bridgehead atoms. The van der Waals surface area contributed by atoms with E-state index in [9.17, 15) is 4.79 Å². The number of carbonyl (C=O) groups excluding carboxylic acids is 1. The molecule has 2 aromatic carbocycles. The number of hydrogen-bond donors (Lipinski definition) is 1. The minimum absolute atomic E-state index is 0.157. The molecule has 1 fully saturated rings. The molecule has 4 nitrogen and oxygen atoms in total. The van der Waals surface area contributed by atoms with E-state index in [0.717, 1.165) is 55.1 Å². The smallest absolute Gasteiger partial charge is 0.271 e. The van der Waals surface area contributed by atoms with E-state index in [0.29, 0.717) is 12.6 Å². The third-order valence-corrected chi connectivity index (χ3v) is 8.03. The van der Waals surface area contributed by atoms with Gasteiger partial charge in [-0.1, -0.05) is 60.7 Å². The van der Waals surface area contributed by atoms with Gasteiger partial charge >= 0.3 is 0 Å². The maximum absolute atomic E-state index is 14.5. The lowest BCUT2D eigenvalue weighted by Crippen LogP contribution is -2.41. The molecule has 35 heavy (non-hydrogen) atoms. The zero-order valence-electron chi connectivity index (χ0n) is 20.0. The Morgan fingerprint density at radius 1 is 0.943 bits per heavy atom. The Kier molecular flexibility index (Phi) is 4.93. The van der Waals surface area contributed by atoms with Gasteiger partial charge in [-0.3, -0.25) is 4.79 Å². The standard InChI is InChI=1S/C31H31N3O/c35-31(29-19-22-11-4-7-15-27(22)33(29)20-21-9-2-1-3-10-21)34(23-17-18-23)28-16-8-14-26-30(28)24-12-5-6-13-25(24)32-26/h1-4,7,9-11,13-15,19,23,28,32H,5-6,8,12,16-18,20H2. The number of fused-ring (bicyclic) bond motifs is 4. The molecule has 1 N–H and O–H groups in total. The van der Waals surface area contributed by atoms with Crippen LogP contribution >= 0.6 is 0 Å². The lowest BCUT2D eigenvalue weighted by Gasteiger charge is -2.34. The highest BCUT2D eigenvalue weighted by Gasteiger charge is 2.41. The van der Waals surface area contributed by atoms with Crippen molar-refractivity contribution < 1.29 is 4.79 Å². The summed E-state index contributed by atoms with van der Waals surface area (Å²) in [7, 11) is 0. The fraction of sp³-hybridized carbons (Fsp3) is 0.323. The lowest BCUT2D eigenvalue weighted by molar-refractivity contribution is 0.0635. The van der Waals surface area contributed by atoms with E-state index in [4.69, 9.17) is 0 Å². The highest BCUT2D eigenvalue weighted by atomic mass is 16.2. The first-order valence-electron chi connectivity index (χ1n) is 13.1. The molecule has 0 saturated heterocycles. The van der Waals surface area contributed by atoms with Gasteiger partial charge in [0.15, 0.2) is 0 Å². The SMILES string of the molecule is O=C(c1cc2ccccc2n1Cc1ccccc1)N(C1CC1)C1CCC=c2[nH]c3c(c21)CCCC=3. The molecule has 1 unspecified atom stereocenters. The van der Waals surface area contributed by atoms with E-state index in [1.54, 1.807) is 0 Å². The molecule has 2 aromatic heterocycles. The average Bonchev–Trinajstić information content (AvgIpc) is 3.55. The van der Waals surface area contributed by atoms with Crippen molar-refractivity contribution in [2.45, 2.75) is 63.6 Å². The summed E-state index contributed by atoms with van der Waals surface area (Å²) in [5, 5.41) is 3.69. The monoisotopic (exact) mass is 461 g/mol. The molecule has 1 atom stereocenters. The maximum Gasteiger partial charge on any atom is 0.271 e. The van der Waals surface area contributed by atoms with Crippen LogP contribution in [0.4, 0.5) is 0 Å². The predicted octanol–water partition coefficient (Wildman–Crippen LogP) is 5.05. The number of benzene rings is 2. The molecule has 0 radical (unpaired) electrons. The fourth-order valence-electron chi connectivity index (χ4n) is 6.28. The number of hydrogen-bond acceptors (Lipinski definition) is 1. The first-order chi connectivity index (χ1) is 17.3. The number of nitrogens with zero attached hydrogens (tertiary/aromatic N) is 2. The van der Waals surface area contributed by atoms with Gasteiger partial charge in [0.2, 0.25) is 0 Å². The van der Waals surface area contributed by atoms with Gasteiger partial charge in [0, 0.05) is 39.8 Å². The van der Waals surface area contributed by atoms with Crippen LogP contribution in [-0.4, -0.2) is 26.4 Å². The van der Waals surface area contributed by atoms with Crippen LogP contribution in [0.15, 0.2) is 60.7 Å². The summed E-state index contributed by atoms with van der Waals surface area (Å²) >= 11 is 0. The van der Waals surface area contributed by atoms with E-state index < -0.39 is 0 Å². The number of para-hydroxylation sites is 1. The van der Waals surface area contributed by atoms with Gasteiger partial charge in [-0.05, 0) is 68.2 Å². The van der Waals surface area contributed by atoms with Gasteiger partial charge in [-0.25, -0.2) is 0 Å². The number of rotatable bonds is 5. The van der Waals surface area contributed by atoms with Crippen molar-refractivity contribution in [2.24, 2.45) is 0 Å². The van der Waals surface area contributed by atoms with Crippen LogP contribution < -0.4 is 10.7 Å². The van der Waals surface area contributed by atoms with E-state index >= 15 is 0 Å². The first-order valence-corrected chi connectivity index (χ1v) is 13.1. The quantitative estimate of drug-likeness (QED) is 0.444. The lowest BCUT2D eigenvalue weighted by atomic mass is 9.90. The summed E-state index contributed by atoms with van der Waals surface area (Å²) in [4.78, 5) is 20.4. The van der Waals surface area contributed by atoms with Gasteiger partial charge in [-0.2, -0.15) is 0 Å². The minimum atomic E-state index is 0.157. The Bertz CT molecular complexity index is 1540. The predicted molar refractivity (Wildman–Crippen MR) is 141 cm³/mol. The van der Waals surface area contributed by atoms with Crippen LogP contribution in [0.25, 0.3) is 23.1 Å². The second-order valence-corrected chi connectivity index (χ2v) is 10.3. The summed E-state index contributed by atoms with van der Waals surface area (Å²) in [6.45, 7) is 0.701. The molecule has 3 aliphatic carbocycles. The van der Waals surface area contributed by atoms with E-state index in [2.05, 4.69) is 81.2 Å². The van der Waals surface area contributed by atoms with Crippen molar-refractivity contribution in [1.29, 1.82) is 0 Å². The number of amides is 1. The number of H-pyrrole nitrogens is 1. The highest BCUT2D eigenvalue weighted by Crippen LogP contribution is 2.40. The summed E-state index contributed by atoms with van der Waals surface area (Å²) < 4.78 is 2.23. The molecule has 7 rings (SSSR count). The number of nitrogens with one attached hydrogen (secondary N) is 1. The summed E-state index contributed by atoms with van der Waals surface area (Å²) in [5.74, 6) is 0.187. The van der Waals surface area contributed by atoms with E-state index in [1.807, 2.05) is 6.07 Å². The van der Waals surface area contributed by atoms with Crippen molar-refractivity contribution in [2.75, 3.05) is 0 Å². The van der Waals surface area contributed by atoms with Crippen LogP contribution in [0.2, 0.25) is 0 Å². The molecule has 4 heteroatoms. The Labute approximate surface area is 205 Å². The Morgan fingerprint density at radius 3 is 2.60 bits per heavy atom. The zero-order chi connectivity index (χ0) is 23.4. The topological polar surface area (TPSA) is 41.0 Å². The Morgan fingerprint density at radius 2 is 1.74 bits per heavy atom. The molecule has 0 spiro atoms. The number of aromatic nitrogens is 2. The number of carbonyl (C=O) groups is 1. The third-order valence-electron chi connectivity index (χ3n) is 8.03. The van der Waals surface area contributed by atoms with Crippen molar-refractivity contribution >= 4 is 29.0 Å². The van der Waals surface area contributed by atoms with Crippen LogP contribution in [0, 0.1) is 0 Å². The first kappa shape index (κ1) is 20.8.